The fourth-order valence-electron chi connectivity index (χ4n) is 3.77. The van der Waals surface area contributed by atoms with E-state index < -0.39 is 10.0 Å². The van der Waals surface area contributed by atoms with E-state index in [4.69, 9.17) is 0 Å². The Labute approximate surface area is 159 Å². The first-order valence-corrected chi connectivity index (χ1v) is 10.6. The Bertz CT molecular complexity index is 1010. The number of carbonyl (C=O) groups is 1. The minimum Gasteiger partial charge on any atom is -0.308 e. The highest BCUT2D eigenvalue weighted by atomic mass is 32.2. The van der Waals surface area contributed by atoms with E-state index in [1.54, 1.807) is 47.4 Å². The third-order valence-electron chi connectivity index (χ3n) is 5.22. The van der Waals surface area contributed by atoms with Crippen LogP contribution in [0.2, 0.25) is 0 Å². The number of hydrogen-bond donors (Lipinski definition) is 0. The normalized spacial score (nSPS) is 17.3. The third-order valence-corrected chi connectivity index (χ3v) is 7.12. The first-order chi connectivity index (χ1) is 12.9. The van der Waals surface area contributed by atoms with E-state index in [9.17, 15) is 13.2 Å². The smallest absolute Gasteiger partial charge is 0.261 e. The molecule has 0 bridgehead atoms. The van der Waals surface area contributed by atoms with Gasteiger partial charge >= 0.3 is 0 Å². The number of sulfonamides is 1. The lowest BCUT2D eigenvalue weighted by molar-refractivity contribution is 0.0988. The molecule has 1 aromatic heterocycles. The van der Waals surface area contributed by atoms with Crippen molar-refractivity contribution in [3.8, 4) is 0 Å². The Morgan fingerprint density at radius 2 is 1.85 bits per heavy atom. The van der Waals surface area contributed by atoms with Crippen molar-refractivity contribution in [1.29, 1.82) is 0 Å². The van der Waals surface area contributed by atoms with Crippen molar-refractivity contribution >= 4 is 21.6 Å². The number of rotatable bonds is 3. The Balaban J connectivity index is 1.64. The molecule has 142 valence electrons. The van der Waals surface area contributed by atoms with Crippen LogP contribution in [-0.4, -0.2) is 48.2 Å². The number of benzene rings is 1. The average Bonchev–Trinajstić information content (AvgIpc) is 3.31. The molecule has 7 nitrogen and oxygen atoms in total. The number of carbonyl (C=O) groups excluding carboxylic acids is 1. The Morgan fingerprint density at radius 1 is 1.11 bits per heavy atom. The summed E-state index contributed by atoms with van der Waals surface area (Å²) in [6.07, 6.45) is 4.01. The predicted octanol–water partition coefficient (Wildman–Crippen LogP) is 2.08. The summed E-state index contributed by atoms with van der Waals surface area (Å²) in [6.45, 7) is 5.27. The second kappa shape index (κ2) is 6.69. The molecule has 0 spiro atoms. The molecule has 0 saturated carbocycles. The van der Waals surface area contributed by atoms with Crippen molar-refractivity contribution in [1.82, 2.24) is 14.3 Å². The van der Waals surface area contributed by atoms with Crippen molar-refractivity contribution in [2.45, 2.75) is 38.0 Å². The van der Waals surface area contributed by atoms with Crippen molar-refractivity contribution in [3.63, 3.8) is 0 Å². The molecule has 8 heteroatoms. The van der Waals surface area contributed by atoms with Gasteiger partial charge in [0.2, 0.25) is 10.0 Å². The molecule has 0 unspecified atom stereocenters. The van der Waals surface area contributed by atoms with Gasteiger partial charge < -0.3 is 4.90 Å². The van der Waals surface area contributed by atoms with Gasteiger partial charge in [-0.15, -0.1) is 0 Å². The minimum atomic E-state index is -3.45. The van der Waals surface area contributed by atoms with Crippen LogP contribution in [0.25, 0.3) is 0 Å². The number of nitrogens with zero attached hydrogens (tertiary/aromatic N) is 4. The van der Waals surface area contributed by atoms with E-state index in [1.165, 1.54) is 0 Å². The second-order valence-corrected chi connectivity index (χ2v) is 8.96. The zero-order valence-electron chi connectivity index (χ0n) is 15.5. The van der Waals surface area contributed by atoms with E-state index in [2.05, 4.69) is 9.97 Å². The summed E-state index contributed by atoms with van der Waals surface area (Å²) in [6, 6.07) is 5.07. The maximum absolute atomic E-state index is 13.0. The summed E-state index contributed by atoms with van der Waals surface area (Å²) < 4.78 is 27.1. The van der Waals surface area contributed by atoms with E-state index in [-0.39, 0.29) is 5.91 Å². The van der Waals surface area contributed by atoms with Gasteiger partial charge in [-0.1, -0.05) is 0 Å². The van der Waals surface area contributed by atoms with Crippen LogP contribution in [0.15, 0.2) is 29.3 Å². The molecule has 2 aliphatic heterocycles. The van der Waals surface area contributed by atoms with Crippen LogP contribution in [0.1, 0.15) is 40.3 Å². The zero-order chi connectivity index (χ0) is 19.2. The monoisotopic (exact) mass is 386 g/mol. The van der Waals surface area contributed by atoms with E-state index in [0.29, 0.717) is 48.0 Å². The van der Waals surface area contributed by atoms with Gasteiger partial charge in [0.1, 0.15) is 5.82 Å². The van der Waals surface area contributed by atoms with Crippen molar-refractivity contribution < 1.29 is 13.2 Å². The summed E-state index contributed by atoms with van der Waals surface area (Å²) in [5.74, 6) is 0.476. The quantitative estimate of drug-likeness (QED) is 0.806. The number of anilines is 1. The highest BCUT2D eigenvalue weighted by Gasteiger charge is 2.31. The van der Waals surface area contributed by atoms with E-state index in [0.717, 1.165) is 24.1 Å². The van der Waals surface area contributed by atoms with Gasteiger partial charge in [-0.3, -0.25) is 4.79 Å². The van der Waals surface area contributed by atoms with Gasteiger partial charge in [-0.2, -0.15) is 4.31 Å². The SMILES string of the molecule is Cc1ncc(C(=O)N2CCc3cc(S(=O)(=O)N4CCCC4)ccc32)c(C)n1. The van der Waals surface area contributed by atoms with Crippen molar-refractivity contribution in [2.24, 2.45) is 0 Å². The van der Waals surface area contributed by atoms with Gasteiger partial charge in [0.05, 0.1) is 16.2 Å². The first-order valence-electron chi connectivity index (χ1n) is 9.13. The molecular weight excluding hydrogens is 364 g/mol. The lowest BCUT2D eigenvalue weighted by Crippen LogP contribution is -2.30. The zero-order valence-corrected chi connectivity index (χ0v) is 16.3. The van der Waals surface area contributed by atoms with Gasteiger partial charge in [0.25, 0.3) is 5.91 Å². The Kier molecular flexibility index (Phi) is 4.47. The van der Waals surface area contributed by atoms with Crippen LogP contribution >= 0.6 is 0 Å². The summed E-state index contributed by atoms with van der Waals surface area (Å²) >= 11 is 0. The largest absolute Gasteiger partial charge is 0.308 e. The molecule has 2 aromatic rings. The molecule has 0 N–H and O–H groups in total. The van der Waals surface area contributed by atoms with Crippen molar-refractivity contribution in [2.75, 3.05) is 24.5 Å². The Morgan fingerprint density at radius 3 is 2.56 bits per heavy atom. The van der Waals surface area contributed by atoms with Gasteiger partial charge in [0.15, 0.2) is 0 Å². The first kappa shape index (κ1) is 18.1. The van der Waals surface area contributed by atoms with Crippen LogP contribution < -0.4 is 4.90 Å². The number of hydrogen-bond acceptors (Lipinski definition) is 5. The lowest BCUT2D eigenvalue weighted by atomic mass is 10.1. The summed E-state index contributed by atoms with van der Waals surface area (Å²) in [5.41, 5.74) is 2.77. The van der Waals surface area contributed by atoms with Gasteiger partial charge in [-0.05, 0) is 56.9 Å². The van der Waals surface area contributed by atoms with Crippen LogP contribution in [0.4, 0.5) is 5.69 Å². The number of fused-ring (bicyclic) bond motifs is 1. The number of amides is 1. The van der Waals surface area contributed by atoms with Gasteiger partial charge in [0, 0.05) is 31.5 Å². The number of aromatic nitrogens is 2. The molecule has 0 atom stereocenters. The molecule has 27 heavy (non-hydrogen) atoms. The van der Waals surface area contributed by atoms with Gasteiger partial charge in [-0.25, -0.2) is 18.4 Å². The average molecular weight is 386 g/mol. The third kappa shape index (κ3) is 3.12. The molecule has 4 rings (SSSR count). The summed E-state index contributed by atoms with van der Waals surface area (Å²) in [4.78, 5) is 23.4. The lowest BCUT2D eigenvalue weighted by Gasteiger charge is -2.19. The molecule has 1 aromatic carbocycles. The fraction of sp³-hybridized carbons (Fsp3) is 0.421. The molecule has 0 aliphatic carbocycles. The van der Waals surface area contributed by atoms with Crippen molar-refractivity contribution in [3.05, 3.63) is 47.0 Å². The minimum absolute atomic E-state index is 0.151. The fourth-order valence-corrected chi connectivity index (χ4v) is 5.33. The molecular formula is C19H22N4O3S. The molecule has 1 fully saturated rings. The summed E-state index contributed by atoms with van der Waals surface area (Å²) in [5, 5.41) is 0. The van der Waals surface area contributed by atoms with Crippen LogP contribution in [0.5, 0.6) is 0 Å². The molecule has 0 radical (unpaired) electrons. The maximum atomic E-state index is 13.0. The maximum Gasteiger partial charge on any atom is 0.261 e. The Hall–Kier alpha value is -2.32. The van der Waals surface area contributed by atoms with Crippen LogP contribution in [-0.2, 0) is 16.4 Å². The molecule has 1 amide bonds. The van der Waals surface area contributed by atoms with Crippen LogP contribution in [0, 0.1) is 13.8 Å². The standard InChI is InChI=1S/C19H22N4O3S/c1-13-17(12-20-14(2)21-13)19(24)23-10-7-15-11-16(5-6-18(15)23)27(25,26)22-8-3-4-9-22/h5-6,11-12H,3-4,7-10H2,1-2H3. The topological polar surface area (TPSA) is 83.5 Å². The second-order valence-electron chi connectivity index (χ2n) is 7.02. The molecule has 2 aliphatic rings. The highest BCUT2D eigenvalue weighted by molar-refractivity contribution is 7.89. The highest BCUT2D eigenvalue weighted by Crippen LogP contribution is 2.33. The number of aryl methyl sites for hydroxylation is 2. The van der Waals surface area contributed by atoms with E-state index >= 15 is 0 Å². The summed E-state index contributed by atoms with van der Waals surface area (Å²) in [7, 11) is -3.45. The van der Waals surface area contributed by atoms with Crippen LogP contribution in [0.3, 0.4) is 0 Å². The molecule has 1 saturated heterocycles. The predicted molar refractivity (Wildman–Crippen MR) is 101 cm³/mol. The molecule has 3 heterocycles. The van der Waals surface area contributed by atoms with E-state index in [1.807, 2.05) is 0 Å².